The van der Waals surface area contributed by atoms with Gasteiger partial charge in [0.1, 0.15) is 4.88 Å². The van der Waals surface area contributed by atoms with Crippen LogP contribution in [0.5, 0.6) is 0 Å². The Morgan fingerprint density at radius 2 is 2.44 bits per heavy atom. The molecule has 0 spiro atoms. The number of likely N-dealkylation sites (tertiary alicyclic amines) is 1. The van der Waals surface area contributed by atoms with Crippen molar-refractivity contribution in [1.82, 2.24) is 14.5 Å². The fourth-order valence-corrected chi connectivity index (χ4v) is 2.20. The molecule has 1 fully saturated rings. The number of methoxy groups -OCH3 is 1. The van der Waals surface area contributed by atoms with Crippen molar-refractivity contribution in [2.75, 3.05) is 20.2 Å². The third-order valence-corrected chi connectivity index (χ3v) is 3.23. The number of esters is 1. The van der Waals surface area contributed by atoms with Gasteiger partial charge in [0.15, 0.2) is 0 Å². The molecular formula is C9H11N3O3S. The summed E-state index contributed by atoms with van der Waals surface area (Å²) < 4.78 is 8.29. The summed E-state index contributed by atoms with van der Waals surface area (Å²) in [7, 11) is 1.36. The lowest BCUT2D eigenvalue weighted by atomic mass is 10.1. The van der Waals surface area contributed by atoms with Gasteiger partial charge in [0.25, 0.3) is 5.91 Å². The van der Waals surface area contributed by atoms with Gasteiger partial charge < -0.3 is 9.64 Å². The Labute approximate surface area is 96.4 Å². The lowest BCUT2D eigenvalue weighted by Gasteiger charge is -2.13. The second kappa shape index (κ2) is 4.56. The van der Waals surface area contributed by atoms with Gasteiger partial charge in [-0.2, -0.15) is 0 Å². The Hall–Kier alpha value is -1.50. The van der Waals surface area contributed by atoms with Gasteiger partial charge in [0.2, 0.25) is 0 Å². The largest absolute Gasteiger partial charge is 0.469 e. The van der Waals surface area contributed by atoms with Crippen LogP contribution in [0.3, 0.4) is 0 Å². The Bertz CT molecular complexity index is 393. The monoisotopic (exact) mass is 241 g/mol. The van der Waals surface area contributed by atoms with Crippen molar-refractivity contribution in [2.45, 2.75) is 6.42 Å². The van der Waals surface area contributed by atoms with Crippen LogP contribution in [0.15, 0.2) is 6.20 Å². The highest BCUT2D eigenvalue weighted by Gasteiger charge is 2.32. The zero-order valence-electron chi connectivity index (χ0n) is 8.75. The SMILES string of the molecule is COC(=O)C1CCN(C(=O)c2cnns2)C1. The molecule has 86 valence electrons. The topological polar surface area (TPSA) is 72.4 Å². The number of hydrogen-bond donors (Lipinski definition) is 0. The second-order valence-electron chi connectivity index (χ2n) is 3.54. The van der Waals surface area contributed by atoms with Gasteiger partial charge >= 0.3 is 5.97 Å². The molecule has 16 heavy (non-hydrogen) atoms. The van der Waals surface area contributed by atoms with Crippen molar-refractivity contribution in [3.05, 3.63) is 11.1 Å². The van der Waals surface area contributed by atoms with Crippen molar-refractivity contribution in [3.8, 4) is 0 Å². The smallest absolute Gasteiger partial charge is 0.310 e. The number of rotatable bonds is 2. The predicted octanol–water partition coefficient (Wildman–Crippen LogP) is 0.173. The molecular weight excluding hydrogens is 230 g/mol. The minimum atomic E-state index is -0.252. The molecule has 7 heteroatoms. The molecule has 1 aliphatic heterocycles. The van der Waals surface area contributed by atoms with Crippen LogP contribution in [0.2, 0.25) is 0 Å². The van der Waals surface area contributed by atoms with E-state index in [-0.39, 0.29) is 17.8 Å². The minimum absolute atomic E-state index is 0.110. The van der Waals surface area contributed by atoms with Crippen LogP contribution in [0.25, 0.3) is 0 Å². The number of ether oxygens (including phenoxy) is 1. The van der Waals surface area contributed by atoms with Gasteiger partial charge in [-0.25, -0.2) is 0 Å². The first kappa shape index (κ1) is 11.0. The van der Waals surface area contributed by atoms with Crippen molar-refractivity contribution in [3.63, 3.8) is 0 Å². The number of carbonyl (C=O) groups excluding carboxylic acids is 2. The van der Waals surface area contributed by atoms with Crippen molar-refractivity contribution in [2.24, 2.45) is 5.92 Å². The molecule has 0 radical (unpaired) electrons. The predicted molar refractivity (Wildman–Crippen MR) is 55.9 cm³/mol. The van der Waals surface area contributed by atoms with E-state index in [0.717, 1.165) is 11.5 Å². The third-order valence-electron chi connectivity index (χ3n) is 2.58. The minimum Gasteiger partial charge on any atom is -0.469 e. The first-order valence-electron chi connectivity index (χ1n) is 4.87. The highest BCUT2D eigenvalue weighted by atomic mass is 32.1. The molecule has 1 aromatic rings. The summed E-state index contributed by atoms with van der Waals surface area (Å²) in [5.41, 5.74) is 0. The average Bonchev–Trinajstić information content (AvgIpc) is 2.97. The molecule has 0 N–H and O–H groups in total. The molecule has 2 rings (SSSR count). The van der Waals surface area contributed by atoms with E-state index in [2.05, 4.69) is 14.3 Å². The summed E-state index contributed by atoms with van der Waals surface area (Å²) >= 11 is 1.06. The summed E-state index contributed by atoms with van der Waals surface area (Å²) in [5.74, 6) is -0.561. The molecule has 0 aliphatic carbocycles. The molecule has 2 heterocycles. The van der Waals surface area contributed by atoms with Crippen LogP contribution in [0.1, 0.15) is 16.1 Å². The molecule has 1 aromatic heterocycles. The molecule has 1 aliphatic rings. The zero-order chi connectivity index (χ0) is 11.5. The van der Waals surface area contributed by atoms with Crippen LogP contribution in [-0.4, -0.2) is 46.6 Å². The van der Waals surface area contributed by atoms with Crippen molar-refractivity contribution in [1.29, 1.82) is 0 Å². The number of amides is 1. The first-order chi connectivity index (χ1) is 7.72. The van der Waals surface area contributed by atoms with Gasteiger partial charge in [0.05, 0.1) is 19.2 Å². The summed E-state index contributed by atoms with van der Waals surface area (Å²) in [5, 5.41) is 3.61. The van der Waals surface area contributed by atoms with E-state index in [4.69, 9.17) is 0 Å². The molecule has 1 atom stereocenters. The summed E-state index contributed by atoms with van der Waals surface area (Å²) in [6.45, 7) is 1.000. The van der Waals surface area contributed by atoms with E-state index in [1.54, 1.807) is 4.90 Å². The highest BCUT2D eigenvalue weighted by Crippen LogP contribution is 2.20. The van der Waals surface area contributed by atoms with E-state index in [9.17, 15) is 9.59 Å². The third kappa shape index (κ3) is 2.04. The highest BCUT2D eigenvalue weighted by molar-refractivity contribution is 7.07. The second-order valence-corrected chi connectivity index (χ2v) is 4.33. The van der Waals surface area contributed by atoms with E-state index >= 15 is 0 Å². The molecule has 1 unspecified atom stereocenters. The van der Waals surface area contributed by atoms with Crippen LogP contribution >= 0.6 is 11.5 Å². The van der Waals surface area contributed by atoms with Gasteiger partial charge in [-0.3, -0.25) is 9.59 Å². The summed E-state index contributed by atoms with van der Waals surface area (Å²) in [6.07, 6.45) is 2.10. The quantitative estimate of drug-likeness (QED) is 0.690. The Balaban J connectivity index is 1.99. The number of carbonyl (C=O) groups is 2. The maximum Gasteiger partial charge on any atom is 0.310 e. The van der Waals surface area contributed by atoms with Gasteiger partial charge in [-0.1, -0.05) is 4.49 Å². The molecule has 0 bridgehead atoms. The van der Waals surface area contributed by atoms with Crippen molar-refractivity contribution >= 4 is 23.4 Å². The maximum absolute atomic E-state index is 11.9. The van der Waals surface area contributed by atoms with E-state index in [0.29, 0.717) is 24.4 Å². The maximum atomic E-state index is 11.9. The molecule has 1 amide bonds. The van der Waals surface area contributed by atoms with Crippen LogP contribution in [-0.2, 0) is 9.53 Å². The lowest BCUT2D eigenvalue weighted by molar-refractivity contribution is -0.144. The number of hydrogen-bond acceptors (Lipinski definition) is 6. The molecule has 6 nitrogen and oxygen atoms in total. The number of nitrogens with zero attached hydrogens (tertiary/aromatic N) is 3. The standard InChI is InChI=1S/C9H11N3O3S/c1-15-9(14)6-2-3-12(5-6)8(13)7-4-10-11-16-7/h4,6H,2-3,5H2,1H3. The van der Waals surface area contributed by atoms with Gasteiger partial charge in [-0.05, 0) is 18.0 Å². The Kier molecular flexibility index (Phi) is 3.14. The summed E-state index contributed by atoms with van der Waals surface area (Å²) in [4.78, 5) is 25.3. The average molecular weight is 241 g/mol. The fraction of sp³-hybridized carbons (Fsp3) is 0.556. The van der Waals surface area contributed by atoms with E-state index in [1.165, 1.54) is 13.3 Å². The lowest BCUT2D eigenvalue weighted by Crippen LogP contribution is -2.29. The summed E-state index contributed by atoms with van der Waals surface area (Å²) in [6, 6.07) is 0. The van der Waals surface area contributed by atoms with Crippen molar-refractivity contribution < 1.29 is 14.3 Å². The fourth-order valence-electron chi connectivity index (χ4n) is 1.72. The molecule has 0 saturated carbocycles. The van der Waals surface area contributed by atoms with Gasteiger partial charge in [0, 0.05) is 13.1 Å². The normalized spacial score (nSPS) is 19.8. The van der Waals surface area contributed by atoms with Crippen LogP contribution < -0.4 is 0 Å². The zero-order valence-corrected chi connectivity index (χ0v) is 9.57. The van der Waals surface area contributed by atoms with Crippen LogP contribution in [0, 0.1) is 5.92 Å². The Morgan fingerprint density at radius 1 is 1.62 bits per heavy atom. The van der Waals surface area contributed by atoms with Crippen LogP contribution in [0.4, 0.5) is 0 Å². The Morgan fingerprint density at radius 3 is 3.06 bits per heavy atom. The van der Waals surface area contributed by atoms with E-state index in [1.807, 2.05) is 0 Å². The number of aromatic nitrogens is 2. The van der Waals surface area contributed by atoms with E-state index < -0.39 is 0 Å². The molecule has 0 aromatic carbocycles. The first-order valence-corrected chi connectivity index (χ1v) is 5.64. The molecule has 1 saturated heterocycles. The van der Waals surface area contributed by atoms with Gasteiger partial charge in [-0.15, -0.1) is 5.10 Å².